The van der Waals surface area contributed by atoms with E-state index in [2.05, 4.69) is 20.6 Å². The van der Waals surface area contributed by atoms with E-state index >= 15 is 0 Å². The maximum atomic E-state index is 12.7. The average molecular weight is 350 g/mol. The van der Waals surface area contributed by atoms with Gasteiger partial charge in [-0.2, -0.15) is 0 Å². The normalized spacial score (nSPS) is 10.8. The van der Waals surface area contributed by atoms with Crippen molar-refractivity contribution < 1.29 is 4.79 Å². The highest BCUT2D eigenvalue weighted by Crippen LogP contribution is 2.26. The Morgan fingerprint density at radius 1 is 1.00 bits per heavy atom. The van der Waals surface area contributed by atoms with Crippen LogP contribution in [0.5, 0.6) is 0 Å². The molecule has 2 aromatic heterocycles. The Morgan fingerprint density at radius 2 is 1.80 bits per heavy atom. The monoisotopic (exact) mass is 349 g/mol. The van der Waals surface area contributed by atoms with Crippen LogP contribution >= 0.6 is 11.6 Å². The number of benzene rings is 2. The summed E-state index contributed by atoms with van der Waals surface area (Å²) >= 11 is 6.09. The van der Waals surface area contributed by atoms with Crippen molar-refractivity contribution in [3.63, 3.8) is 0 Å². The number of nitrogens with one attached hydrogen (secondary N) is 1. The molecule has 1 N–H and O–H groups in total. The fraction of sp³-hybridized carbons (Fsp3) is 0. The summed E-state index contributed by atoms with van der Waals surface area (Å²) < 4.78 is 1.40. The SMILES string of the molecule is O=C(Nn1cnnc1)c1cc(-c2cccc(Cl)c2)nc2ccccc12. The van der Waals surface area contributed by atoms with Gasteiger partial charge in [0, 0.05) is 16.0 Å². The van der Waals surface area contributed by atoms with E-state index in [9.17, 15) is 4.79 Å². The number of aromatic nitrogens is 4. The number of halogens is 1. The van der Waals surface area contributed by atoms with Gasteiger partial charge in [0.05, 0.1) is 16.8 Å². The van der Waals surface area contributed by atoms with Gasteiger partial charge in [-0.25, -0.2) is 9.66 Å². The zero-order chi connectivity index (χ0) is 17.2. The molecule has 1 amide bonds. The highest BCUT2D eigenvalue weighted by atomic mass is 35.5. The molecule has 0 saturated carbocycles. The molecule has 0 aliphatic carbocycles. The molecule has 0 bridgehead atoms. The summed E-state index contributed by atoms with van der Waals surface area (Å²) in [6.45, 7) is 0. The van der Waals surface area contributed by atoms with Gasteiger partial charge in [0.25, 0.3) is 5.91 Å². The fourth-order valence-electron chi connectivity index (χ4n) is 2.59. The summed E-state index contributed by atoms with van der Waals surface area (Å²) in [6.07, 6.45) is 2.83. The summed E-state index contributed by atoms with van der Waals surface area (Å²) in [5, 5.41) is 8.73. The minimum absolute atomic E-state index is 0.276. The van der Waals surface area contributed by atoms with Gasteiger partial charge < -0.3 is 0 Å². The fourth-order valence-corrected chi connectivity index (χ4v) is 2.79. The number of hydrogen-bond acceptors (Lipinski definition) is 4. The van der Waals surface area contributed by atoms with Gasteiger partial charge in [-0.3, -0.25) is 10.2 Å². The number of carbonyl (C=O) groups excluding carboxylic acids is 1. The lowest BCUT2D eigenvalue weighted by Gasteiger charge is -2.10. The molecule has 25 heavy (non-hydrogen) atoms. The Kier molecular flexibility index (Phi) is 3.87. The van der Waals surface area contributed by atoms with E-state index in [1.54, 1.807) is 12.1 Å². The molecule has 0 aliphatic heterocycles. The number of hydrogen-bond donors (Lipinski definition) is 1. The van der Waals surface area contributed by atoms with Gasteiger partial charge in [-0.1, -0.05) is 41.9 Å². The van der Waals surface area contributed by atoms with Gasteiger partial charge in [0.2, 0.25) is 0 Å². The molecule has 2 heterocycles. The van der Waals surface area contributed by atoms with Crippen molar-refractivity contribution in [2.24, 2.45) is 0 Å². The molecule has 7 heteroatoms. The number of para-hydroxylation sites is 1. The van der Waals surface area contributed by atoms with Crippen molar-refractivity contribution in [1.29, 1.82) is 0 Å². The molecule has 122 valence electrons. The first kappa shape index (κ1) is 15.3. The lowest BCUT2D eigenvalue weighted by Crippen LogP contribution is -2.22. The number of fused-ring (bicyclic) bond motifs is 1. The van der Waals surface area contributed by atoms with Crippen LogP contribution < -0.4 is 5.43 Å². The topological polar surface area (TPSA) is 72.7 Å². The van der Waals surface area contributed by atoms with Crippen LogP contribution in [-0.2, 0) is 0 Å². The third kappa shape index (κ3) is 3.07. The van der Waals surface area contributed by atoms with Crippen LogP contribution in [0.2, 0.25) is 5.02 Å². The lowest BCUT2D eigenvalue weighted by atomic mass is 10.0. The van der Waals surface area contributed by atoms with Gasteiger partial charge in [0.1, 0.15) is 12.7 Å². The van der Waals surface area contributed by atoms with Crippen molar-refractivity contribution in [2.45, 2.75) is 0 Å². The van der Waals surface area contributed by atoms with E-state index in [0.717, 1.165) is 16.5 Å². The van der Waals surface area contributed by atoms with Crippen LogP contribution in [0, 0.1) is 0 Å². The Bertz CT molecular complexity index is 1060. The Labute approximate surface area is 148 Å². The van der Waals surface area contributed by atoms with Gasteiger partial charge in [-0.15, -0.1) is 10.2 Å². The lowest BCUT2D eigenvalue weighted by molar-refractivity contribution is 0.101. The number of pyridine rings is 1. The molecular formula is C18H12ClN5O. The maximum absolute atomic E-state index is 12.7. The first-order valence-corrected chi connectivity index (χ1v) is 7.90. The molecule has 4 aromatic rings. The maximum Gasteiger partial charge on any atom is 0.270 e. The van der Waals surface area contributed by atoms with Crippen LogP contribution in [0.15, 0.2) is 67.3 Å². The minimum atomic E-state index is -0.276. The zero-order valence-corrected chi connectivity index (χ0v) is 13.7. The molecule has 0 spiro atoms. The second kappa shape index (κ2) is 6.33. The molecule has 0 fully saturated rings. The summed E-state index contributed by atoms with van der Waals surface area (Å²) in [7, 11) is 0. The van der Waals surface area contributed by atoms with E-state index in [4.69, 9.17) is 11.6 Å². The Balaban J connectivity index is 1.85. The smallest absolute Gasteiger partial charge is 0.267 e. The number of amides is 1. The number of carbonyl (C=O) groups is 1. The summed E-state index contributed by atoms with van der Waals surface area (Å²) in [5.74, 6) is -0.276. The third-order valence-electron chi connectivity index (χ3n) is 3.73. The summed E-state index contributed by atoms with van der Waals surface area (Å²) in [4.78, 5) is 17.4. The third-order valence-corrected chi connectivity index (χ3v) is 3.97. The minimum Gasteiger partial charge on any atom is -0.267 e. The molecule has 0 saturated heterocycles. The molecule has 2 aromatic carbocycles. The molecular weight excluding hydrogens is 338 g/mol. The summed E-state index contributed by atoms with van der Waals surface area (Å²) in [6, 6.07) is 16.6. The number of rotatable bonds is 3. The predicted octanol–water partition coefficient (Wildman–Crippen LogP) is 3.53. The average Bonchev–Trinajstić information content (AvgIpc) is 3.13. The Hall–Kier alpha value is -3.25. The van der Waals surface area contributed by atoms with E-state index < -0.39 is 0 Å². The quantitative estimate of drug-likeness (QED) is 0.614. The van der Waals surface area contributed by atoms with Crippen molar-refractivity contribution in [3.8, 4) is 11.3 Å². The molecule has 0 aliphatic rings. The van der Waals surface area contributed by atoms with Crippen LogP contribution in [0.25, 0.3) is 22.2 Å². The van der Waals surface area contributed by atoms with E-state index in [0.29, 0.717) is 16.3 Å². The standard InChI is InChI=1S/C18H12ClN5O/c19-13-5-3-4-12(8-13)17-9-15(14-6-1-2-7-16(14)22-17)18(25)23-24-10-20-21-11-24/h1-11H,(H,23,25). The molecule has 0 unspecified atom stereocenters. The van der Waals surface area contributed by atoms with Crippen LogP contribution in [0.1, 0.15) is 10.4 Å². The van der Waals surface area contributed by atoms with Crippen molar-refractivity contribution >= 4 is 28.4 Å². The largest absolute Gasteiger partial charge is 0.270 e. The summed E-state index contributed by atoms with van der Waals surface area (Å²) in [5.41, 5.74) is 5.48. The zero-order valence-electron chi connectivity index (χ0n) is 12.9. The van der Waals surface area contributed by atoms with E-state index in [1.807, 2.05) is 42.5 Å². The first-order valence-electron chi connectivity index (χ1n) is 7.52. The van der Waals surface area contributed by atoms with Gasteiger partial charge in [-0.05, 0) is 24.3 Å². The van der Waals surface area contributed by atoms with Crippen molar-refractivity contribution in [2.75, 3.05) is 5.43 Å². The van der Waals surface area contributed by atoms with E-state index in [-0.39, 0.29) is 5.91 Å². The van der Waals surface area contributed by atoms with Gasteiger partial charge in [0.15, 0.2) is 0 Å². The van der Waals surface area contributed by atoms with E-state index in [1.165, 1.54) is 17.3 Å². The van der Waals surface area contributed by atoms with Crippen molar-refractivity contribution in [3.05, 3.63) is 77.8 Å². The highest BCUT2D eigenvalue weighted by Gasteiger charge is 2.14. The van der Waals surface area contributed by atoms with Crippen LogP contribution in [0.4, 0.5) is 0 Å². The second-order valence-electron chi connectivity index (χ2n) is 5.39. The number of nitrogens with zero attached hydrogens (tertiary/aromatic N) is 4. The van der Waals surface area contributed by atoms with Crippen LogP contribution in [0.3, 0.4) is 0 Å². The highest BCUT2D eigenvalue weighted by molar-refractivity contribution is 6.30. The van der Waals surface area contributed by atoms with Crippen molar-refractivity contribution in [1.82, 2.24) is 19.9 Å². The Morgan fingerprint density at radius 3 is 2.60 bits per heavy atom. The predicted molar refractivity (Wildman–Crippen MR) is 95.9 cm³/mol. The van der Waals surface area contributed by atoms with Crippen LogP contribution in [-0.4, -0.2) is 25.8 Å². The molecule has 6 nitrogen and oxygen atoms in total. The van der Waals surface area contributed by atoms with Gasteiger partial charge >= 0.3 is 0 Å². The molecule has 0 atom stereocenters. The molecule has 0 radical (unpaired) electrons. The second-order valence-corrected chi connectivity index (χ2v) is 5.83. The molecule has 4 rings (SSSR count). The first-order chi connectivity index (χ1) is 12.2.